The Bertz CT molecular complexity index is 959. The van der Waals surface area contributed by atoms with Gasteiger partial charge in [0, 0.05) is 11.5 Å². The number of fused-ring (bicyclic) bond motifs is 2. The molecule has 5 nitrogen and oxygen atoms in total. The average Bonchev–Trinajstić information content (AvgIpc) is 2.84. The number of benzene rings is 1. The van der Waals surface area contributed by atoms with Gasteiger partial charge in [-0.1, -0.05) is 24.3 Å². The van der Waals surface area contributed by atoms with Gasteiger partial charge < -0.3 is 4.42 Å². The van der Waals surface area contributed by atoms with E-state index in [1.165, 1.54) is 11.0 Å². The van der Waals surface area contributed by atoms with Crippen LogP contribution in [0.4, 0.5) is 0 Å². The monoisotopic (exact) mass is 337 g/mol. The number of hydrogen-bond donors (Lipinski definition) is 0. The number of rotatable bonds is 2. The fourth-order valence-corrected chi connectivity index (χ4v) is 3.85. The quantitative estimate of drug-likeness (QED) is 0.480. The van der Waals surface area contributed by atoms with E-state index in [1.54, 1.807) is 0 Å². The summed E-state index contributed by atoms with van der Waals surface area (Å²) in [5.41, 5.74) is 2.64. The van der Waals surface area contributed by atoms with Crippen LogP contribution < -0.4 is 5.63 Å². The molecule has 2 aliphatic rings. The molecule has 1 aromatic carbocycles. The summed E-state index contributed by atoms with van der Waals surface area (Å²) in [6.07, 6.45) is 5.16. The van der Waals surface area contributed by atoms with E-state index in [1.807, 2.05) is 38.1 Å². The Morgan fingerprint density at radius 1 is 1.04 bits per heavy atom. The number of likely N-dealkylation sites (tertiary alicyclic amines) is 1. The lowest BCUT2D eigenvalue weighted by Crippen LogP contribution is -2.31. The van der Waals surface area contributed by atoms with Gasteiger partial charge >= 0.3 is 5.63 Å². The summed E-state index contributed by atoms with van der Waals surface area (Å²) in [5.74, 6) is -0.783. The SMILES string of the molecule is Cc1ccc2c(CN3C(=O)C4CC=CCC4C3=O)cc(=O)oc2c1C. The van der Waals surface area contributed by atoms with Gasteiger partial charge in [-0.3, -0.25) is 14.5 Å². The molecule has 2 atom stereocenters. The van der Waals surface area contributed by atoms with Gasteiger partial charge in [0.05, 0.1) is 18.4 Å². The third-order valence-electron chi connectivity index (χ3n) is 5.44. The molecule has 0 radical (unpaired) electrons. The van der Waals surface area contributed by atoms with E-state index in [0.29, 0.717) is 24.0 Å². The standard InChI is InChI=1S/C20H19NO4/c1-11-7-8-14-13(9-17(22)25-18(14)12(11)2)10-21-19(23)15-5-3-4-6-16(15)20(21)24/h3-4,7-9,15-16H,5-6,10H2,1-2H3. The van der Waals surface area contributed by atoms with Crippen LogP contribution >= 0.6 is 0 Å². The summed E-state index contributed by atoms with van der Waals surface area (Å²) in [6.45, 7) is 3.97. The second-order valence-electron chi connectivity index (χ2n) is 6.89. The van der Waals surface area contributed by atoms with E-state index < -0.39 is 5.63 Å². The van der Waals surface area contributed by atoms with Gasteiger partial charge in [0.2, 0.25) is 11.8 Å². The Balaban J connectivity index is 1.77. The zero-order chi connectivity index (χ0) is 17.7. The molecular weight excluding hydrogens is 318 g/mol. The molecule has 0 bridgehead atoms. The maximum atomic E-state index is 12.7. The molecule has 4 rings (SSSR count). The average molecular weight is 337 g/mol. The predicted molar refractivity (Wildman–Crippen MR) is 92.9 cm³/mol. The Morgan fingerprint density at radius 2 is 1.68 bits per heavy atom. The summed E-state index contributed by atoms with van der Waals surface area (Å²) >= 11 is 0. The van der Waals surface area contributed by atoms with Crippen molar-refractivity contribution in [3.05, 3.63) is 57.5 Å². The van der Waals surface area contributed by atoms with E-state index in [9.17, 15) is 14.4 Å². The number of carbonyl (C=O) groups excluding carboxylic acids is 2. The second kappa shape index (κ2) is 5.69. The van der Waals surface area contributed by atoms with Crippen molar-refractivity contribution in [3.8, 4) is 0 Å². The topological polar surface area (TPSA) is 67.6 Å². The summed E-state index contributed by atoms with van der Waals surface area (Å²) < 4.78 is 5.37. The maximum absolute atomic E-state index is 12.7. The van der Waals surface area contributed by atoms with Crippen LogP contribution in [0.2, 0.25) is 0 Å². The van der Waals surface area contributed by atoms with E-state index in [2.05, 4.69) is 0 Å². The molecule has 1 aliphatic heterocycles. The highest BCUT2D eigenvalue weighted by Crippen LogP contribution is 2.36. The Kier molecular flexibility index (Phi) is 3.60. The highest BCUT2D eigenvalue weighted by atomic mass is 16.4. The van der Waals surface area contributed by atoms with Crippen molar-refractivity contribution in [2.45, 2.75) is 33.2 Å². The smallest absolute Gasteiger partial charge is 0.336 e. The van der Waals surface area contributed by atoms with Gasteiger partial charge in [-0.2, -0.15) is 0 Å². The molecular formula is C20H19NO4. The molecule has 5 heteroatoms. The fraction of sp³-hybridized carbons (Fsp3) is 0.350. The van der Waals surface area contributed by atoms with Gasteiger partial charge in [-0.15, -0.1) is 0 Å². The zero-order valence-corrected chi connectivity index (χ0v) is 14.2. The lowest BCUT2D eigenvalue weighted by atomic mass is 9.85. The molecule has 25 heavy (non-hydrogen) atoms. The minimum atomic E-state index is -0.464. The van der Waals surface area contributed by atoms with Crippen molar-refractivity contribution in [1.29, 1.82) is 0 Å². The third kappa shape index (κ3) is 2.42. The van der Waals surface area contributed by atoms with Crippen LogP contribution in [0.5, 0.6) is 0 Å². The van der Waals surface area contributed by atoms with E-state index in [4.69, 9.17) is 4.42 Å². The molecule has 2 heterocycles. The number of hydrogen-bond acceptors (Lipinski definition) is 4. The van der Waals surface area contributed by atoms with Crippen molar-refractivity contribution in [2.75, 3.05) is 0 Å². The van der Waals surface area contributed by atoms with E-state index in [0.717, 1.165) is 16.5 Å². The fourth-order valence-electron chi connectivity index (χ4n) is 3.85. The van der Waals surface area contributed by atoms with Crippen molar-refractivity contribution < 1.29 is 14.0 Å². The molecule has 1 aliphatic carbocycles. The lowest BCUT2D eigenvalue weighted by molar-refractivity contribution is -0.140. The van der Waals surface area contributed by atoms with E-state index in [-0.39, 0.29) is 30.2 Å². The van der Waals surface area contributed by atoms with Crippen LogP contribution in [0.3, 0.4) is 0 Å². The molecule has 1 fully saturated rings. The van der Waals surface area contributed by atoms with Gasteiger partial charge in [-0.05, 0) is 43.4 Å². The molecule has 1 aromatic heterocycles. The molecule has 128 valence electrons. The Labute approximate surface area is 144 Å². The first-order valence-electron chi connectivity index (χ1n) is 8.50. The van der Waals surface area contributed by atoms with Crippen LogP contribution in [0.25, 0.3) is 11.0 Å². The Hall–Kier alpha value is -2.69. The maximum Gasteiger partial charge on any atom is 0.336 e. The number of carbonyl (C=O) groups is 2. The Morgan fingerprint density at radius 3 is 2.32 bits per heavy atom. The minimum Gasteiger partial charge on any atom is -0.422 e. The van der Waals surface area contributed by atoms with Gasteiger partial charge in [0.25, 0.3) is 0 Å². The largest absolute Gasteiger partial charge is 0.422 e. The first-order chi connectivity index (χ1) is 12.0. The minimum absolute atomic E-state index is 0.120. The third-order valence-corrected chi connectivity index (χ3v) is 5.44. The number of imide groups is 1. The van der Waals surface area contributed by atoms with Crippen LogP contribution in [-0.4, -0.2) is 16.7 Å². The highest BCUT2D eigenvalue weighted by molar-refractivity contribution is 6.05. The summed E-state index contributed by atoms with van der Waals surface area (Å²) in [4.78, 5) is 38.6. The molecule has 0 spiro atoms. The molecule has 2 amide bonds. The van der Waals surface area contributed by atoms with E-state index >= 15 is 0 Å². The first kappa shape index (κ1) is 15.8. The van der Waals surface area contributed by atoms with Crippen LogP contribution in [0.1, 0.15) is 29.5 Å². The number of nitrogens with zero attached hydrogens (tertiary/aromatic N) is 1. The van der Waals surface area contributed by atoms with Gasteiger partial charge in [0.1, 0.15) is 5.58 Å². The van der Waals surface area contributed by atoms with Crippen LogP contribution in [-0.2, 0) is 16.1 Å². The molecule has 0 N–H and O–H groups in total. The lowest BCUT2D eigenvalue weighted by Gasteiger charge is -2.16. The molecule has 1 saturated heterocycles. The number of amides is 2. The predicted octanol–water partition coefficient (Wildman–Crippen LogP) is 2.86. The number of allylic oxidation sites excluding steroid dienone is 2. The summed E-state index contributed by atoms with van der Waals surface area (Å²) in [6, 6.07) is 5.23. The van der Waals surface area contributed by atoms with Crippen LogP contribution in [0, 0.1) is 25.7 Å². The van der Waals surface area contributed by atoms with Crippen LogP contribution in [0.15, 0.2) is 39.6 Å². The second-order valence-corrected chi connectivity index (χ2v) is 6.89. The van der Waals surface area contributed by atoms with Crippen molar-refractivity contribution in [3.63, 3.8) is 0 Å². The first-order valence-corrected chi connectivity index (χ1v) is 8.50. The normalized spacial score (nSPS) is 22.7. The van der Waals surface area contributed by atoms with Gasteiger partial charge in [-0.25, -0.2) is 4.79 Å². The summed E-state index contributed by atoms with van der Waals surface area (Å²) in [5, 5.41) is 0.774. The van der Waals surface area contributed by atoms with Crippen molar-refractivity contribution in [2.24, 2.45) is 11.8 Å². The van der Waals surface area contributed by atoms with Crippen molar-refractivity contribution in [1.82, 2.24) is 4.90 Å². The molecule has 0 saturated carbocycles. The highest BCUT2D eigenvalue weighted by Gasteiger charge is 2.47. The van der Waals surface area contributed by atoms with Gasteiger partial charge in [0.15, 0.2) is 0 Å². The zero-order valence-electron chi connectivity index (χ0n) is 14.2. The summed E-state index contributed by atoms with van der Waals surface area (Å²) in [7, 11) is 0. The molecule has 2 unspecified atom stereocenters. The van der Waals surface area contributed by atoms with Crippen molar-refractivity contribution >= 4 is 22.8 Å². The number of aryl methyl sites for hydroxylation is 2. The molecule has 2 aromatic rings.